The smallest absolute Gasteiger partial charge is 0.112 e. The molecule has 0 unspecified atom stereocenters. The summed E-state index contributed by atoms with van der Waals surface area (Å²) in [4.78, 5) is 4.76. The van der Waals surface area contributed by atoms with Crippen molar-refractivity contribution in [3.8, 4) is 0 Å². The molecule has 1 aromatic heterocycles. The lowest BCUT2D eigenvalue weighted by atomic mass is 10.2. The fourth-order valence-electron chi connectivity index (χ4n) is 1.76. The molecule has 0 amide bonds. The Morgan fingerprint density at radius 2 is 1.93 bits per heavy atom. The Balaban J connectivity index is 2.35. The molecule has 14 heavy (non-hydrogen) atoms. The highest BCUT2D eigenvalue weighted by Crippen LogP contribution is 2.40. The van der Waals surface area contributed by atoms with Gasteiger partial charge in [-0.1, -0.05) is 13.8 Å². The van der Waals surface area contributed by atoms with Crippen molar-refractivity contribution in [2.45, 2.75) is 58.4 Å². The van der Waals surface area contributed by atoms with Crippen LogP contribution in [-0.2, 0) is 0 Å². The van der Waals surface area contributed by atoms with Crippen LogP contribution in [0.3, 0.4) is 0 Å². The SMILES string of the molecule is CC(C)c1cn(C(C)C)c(C2CC2)n1. The van der Waals surface area contributed by atoms with Crippen molar-refractivity contribution in [2.75, 3.05) is 0 Å². The second kappa shape index (κ2) is 3.41. The van der Waals surface area contributed by atoms with Crippen LogP contribution < -0.4 is 0 Å². The molecule has 2 heteroatoms. The minimum Gasteiger partial charge on any atom is -0.332 e. The van der Waals surface area contributed by atoms with Gasteiger partial charge in [0.1, 0.15) is 5.82 Å². The maximum Gasteiger partial charge on any atom is 0.112 e. The first kappa shape index (κ1) is 9.75. The zero-order valence-electron chi connectivity index (χ0n) is 9.62. The molecule has 1 saturated carbocycles. The molecule has 78 valence electrons. The fourth-order valence-corrected chi connectivity index (χ4v) is 1.76. The van der Waals surface area contributed by atoms with Crippen LogP contribution in [0.5, 0.6) is 0 Å². The molecule has 0 N–H and O–H groups in total. The van der Waals surface area contributed by atoms with Crippen molar-refractivity contribution in [2.24, 2.45) is 0 Å². The van der Waals surface area contributed by atoms with E-state index in [1.807, 2.05) is 0 Å². The van der Waals surface area contributed by atoms with E-state index >= 15 is 0 Å². The van der Waals surface area contributed by atoms with E-state index < -0.39 is 0 Å². The summed E-state index contributed by atoms with van der Waals surface area (Å²) < 4.78 is 2.35. The van der Waals surface area contributed by atoms with Gasteiger partial charge in [0.15, 0.2) is 0 Å². The van der Waals surface area contributed by atoms with Crippen LogP contribution in [-0.4, -0.2) is 9.55 Å². The summed E-state index contributed by atoms with van der Waals surface area (Å²) in [5, 5.41) is 0. The summed E-state index contributed by atoms with van der Waals surface area (Å²) in [6.45, 7) is 8.89. The summed E-state index contributed by atoms with van der Waals surface area (Å²) in [7, 11) is 0. The topological polar surface area (TPSA) is 17.8 Å². The molecule has 0 aromatic carbocycles. The molecule has 0 bridgehead atoms. The Bertz CT molecular complexity index is 300. The van der Waals surface area contributed by atoms with Gasteiger partial charge in [-0.15, -0.1) is 0 Å². The number of nitrogens with zero attached hydrogens (tertiary/aromatic N) is 2. The summed E-state index contributed by atoms with van der Waals surface area (Å²) >= 11 is 0. The van der Waals surface area contributed by atoms with Crippen molar-refractivity contribution in [3.63, 3.8) is 0 Å². The first-order chi connectivity index (χ1) is 6.59. The molecule has 1 fully saturated rings. The second-order valence-electron chi connectivity index (χ2n) is 4.95. The van der Waals surface area contributed by atoms with Crippen LogP contribution in [0.4, 0.5) is 0 Å². The Kier molecular flexibility index (Phi) is 2.38. The van der Waals surface area contributed by atoms with Gasteiger partial charge in [0.05, 0.1) is 5.69 Å². The first-order valence-corrected chi connectivity index (χ1v) is 5.68. The number of rotatable bonds is 3. The highest BCUT2D eigenvalue weighted by Gasteiger charge is 2.29. The van der Waals surface area contributed by atoms with Gasteiger partial charge < -0.3 is 4.57 Å². The average molecular weight is 192 g/mol. The fraction of sp³-hybridized carbons (Fsp3) is 0.750. The van der Waals surface area contributed by atoms with E-state index in [2.05, 4.69) is 38.5 Å². The van der Waals surface area contributed by atoms with Gasteiger partial charge in [-0.2, -0.15) is 0 Å². The monoisotopic (exact) mass is 192 g/mol. The molecule has 0 radical (unpaired) electrons. The van der Waals surface area contributed by atoms with Gasteiger partial charge in [0, 0.05) is 18.2 Å². The van der Waals surface area contributed by atoms with Crippen LogP contribution in [0.25, 0.3) is 0 Å². The van der Waals surface area contributed by atoms with E-state index in [-0.39, 0.29) is 0 Å². The van der Waals surface area contributed by atoms with E-state index in [4.69, 9.17) is 4.98 Å². The predicted molar refractivity (Wildman–Crippen MR) is 58.7 cm³/mol. The van der Waals surface area contributed by atoms with Gasteiger partial charge in [-0.05, 0) is 32.6 Å². The molecule has 0 atom stereocenters. The third-order valence-electron chi connectivity index (χ3n) is 2.87. The van der Waals surface area contributed by atoms with Crippen molar-refractivity contribution >= 4 is 0 Å². The highest BCUT2D eigenvalue weighted by atomic mass is 15.1. The largest absolute Gasteiger partial charge is 0.332 e. The van der Waals surface area contributed by atoms with Gasteiger partial charge in [0.2, 0.25) is 0 Å². The number of aromatic nitrogens is 2. The maximum absolute atomic E-state index is 4.76. The highest BCUT2D eigenvalue weighted by molar-refractivity contribution is 5.15. The summed E-state index contributed by atoms with van der Waals surface area (Å²) in [5.41, 5.74) is 1.25. The Labute approximate surface area is 86.3 Å². The Morgan fingerprint density at radius 1 is 1.29 bits per heavy atom. The quantitative estimate of drug-likeness (QED) is 0.717. The normalized spacial score (nSPS) is 17.0. The molecular weight excluding hydrogens is 172 g/mol. The third-order valence-corrected chi connectivity index (χ3v) is 2.87. The van der Waals surface area contributed by atoms with Crippen molar-refractivity contribution in [1.82, 2.24) is 9.55 Å². The number of imidazole rings is 1. The lowest BCUT2D eigenvalue weighted by Gasteiger charge is -2.09. The third kappa shape index (κ3) is 1.70. The standard InChI is InChI=1S/C12H20N2/c1-8(2)11-7-14(9(3)4)12(13-11)10-5-6-10/h7-10H,5-6H2,1-4H3. The molecule has 1 aromatic rings. The van der Waals surface area contributed by atoms with Crippen molar-refractivity contribution in [1.29, 1.82) is 0 Å². The van der Waals surface area contributed by atoms with Gasteiger partial charge in [-0.3, -0.25) is 0 Å². The maximum atomic E-state index is 4.76. The van der Waals surface area contributed by atoms with E-state index in [9.17, 15) is 0 Å². The Morgan fingerprint density at radius 3 is 2.36 bits per heavy atom. The number of hydrogen-bond donors (Lipinski definition) is 0. The molecule has 1 heterocycles. The average Bonchev–Trinajstić information content (AvgIpc) is 2.83. The molecule has 2 rings (SSSR count). The molecule has 2 nitrogen and oxygen atoms in total. The van der Waals surface area contributed by atoms with E-state index in [0.29, 0.717) is 12.0 Å². The van der Waals surface area contributed by atoms with Crippen molar-refractivity contribution < 1.29 is 0 Å². The molecule has 0 saturated heterocycles. The molecule has 1 aliphatic rings. The first-order valence-electron chi connectivity index (χ1n) is 5.68. The second-order valence-corrected chi connectivity index (χ2v) is 4.95. The lowest BCUT2D eigenvalue weighted by Crippen LogP contribution is -2.03. The lowest BCUT2D eigenvalue weighted by molar-refractivity contribution is 0.569. The summed E-state index contributed by atoms with van der Waals surface area (Å²) in [5.74, 6) is 2.63. The van der Waals surface area contributed by atoms with Crippen LogP contribution in [0.2, 0.25) is 0 Å². The van der Waals surface area contributed by atoms with Crippen LogP contribution in [0.1, 0.15) is 69.9 Å². The molecule has 1 aliphatic carbocycles. The summed E-state index contributed by atoms with van der Waals surface area (Å²) in [6, 6.07) is 0.547. The number of hydrogen-bond acceptors (Lipinski definition) is 1. The van der Waals surface area contributed by atoms with Gasteiger partial charge in [0.25, 0.3) is 0 Å². The molecule has 0 spiro atoms. The minimum atomic E-state index is 0.547. The van der Waals surface area contributed by atoms with Gasteiger partial charge in [-0.25, -0.2) is 4.98 Å². The predicted octanol–water partition coefficient (Wildman–Crippen LogP) is 3.46. The van der Waals surface area contributed by atoms with E-state index in [1.165, 1.54) is 24.4 Å². The van der Waals surface area contributed by atoms with E-state index in [0.717, 1.165) is 5.92 Å². The zero-order chi connectivity index (χ0) is 10.3. The van der Waals surface area contributed by atoms with Crippen LogP contribution in [0, 0.1) is 0 Å². The Hall–Kier alpha value is -0.790. The van der Waals surface area contributed by atoms with Crippen LogP contribution in [0.15, 0.2) is 6.20 Å². The minimum absolute atomic E-state index is 0.547. The summed E-state index contributed by atoms with van der Waals surface area (Å²) in [6.07, 6.45) is 4.91. The molecular formula is C12H20N2. The van der Waals surface area contributed by atoms with Gasteiger partial charge >= 0.3 is 0 Å². The molecule has 0 aliphatic heterocycles. The zero-order valence-corrected chi connectivity index (χ0v) is 9.62. The van der Waals surface area contributed by atoms with Crippen molar-refractivity contribution in [3.05, 3.63) is 17.7 Å². The van der Waals surface area contributed by atoms with E-state index in [1.54, 1.807) is 0 Å². The van der Waals surface area contributed by atoms with Crippen LogP contribution >= 0.6 is 0 Å².